The lowest BCUT2D eigenvalue weighted by Gasteiger charge is -2.39. The van der Waals surface area contributed by atoms with Gasteiger partial charge in [0.15, 0.2) is 0 Å². The molecule has 1 N–H and O–H groups in total. The molecule has 2 bridgehead atoms. The predicted octanol–water partition coefficient (Wildman–Crippen LogP) is 5.63. The molecule has 2 saturated heterocycles. The van der Waals surface area contributed by atoms with Crippen LogP contribution in [0.2, 0.25) is 0 Å². The summed E-state index contributed by atoms with van der Waals surface area (Å²) in [7, 11) is 0. The predicted molar refractivity (Wildman–Crippen MR) is 129 cm³/mol. The van der Waals surface area contributed by atoms with E-state index in [4.69, 9.17) is 19.1 Å². The smallest absolute Gasteiger partial charge is 0.387 e. The van der Waals surface area contributed by atoms with Gasteiger partial charge in [0.05, 0.1) is 18.3 Å². The minimum atomic E-state index is -2.94. The van der Waals surface area contributed by atoms with Crippen molar-refractivity contribution in [2.75, 3.05) is 4.90 Å². The van der Waals surface area contributed by atoms with Crippen molar-refractivity contribution >= 4 is 11.8 Å². The molecule has 1 aromatic carbocycles. The van der Waals surface area contributed by atoms with E-state index in [0.717, 1.165) is 55.7 Å². The lowest BCUT2D eigenvalue weighted by Crippen LogP contribution is -2.46. The number of anilines is 1. The number of para-hydroxylation sites is 1. The van der Waals surface area contributed by atoms with E-state index in [1.54, 1.807) is 30.3 Å². The molecule has 3 aromatic rings. The van der Waals surface area contributed by atoms with Crippen molar-refractivity contribution in [3.05, 3.63) is 59.5 Å². The molecule has 4 heterocycles. The van der Waals surface area contributed by atoms with Gasteiger partial charge in [0.25, 0.3) is 0 Å². The number of hydrogen-bond donors (Lipinski definition) is 1. The van der Waals surface area contributed by atoms with Crippen molar-refractivity contribution in [1.82, 2.24) is 10.1 Å². The van der Waals surface area contributed by atoms with Gasteiger partial charge in [-0.15, -0.1) is 0 Å². The summed E-state index contributed by atoms with van der Waals surface area (Å²) in [6.45, 7) is -2.66. The number of nitrogens with zero attached hydrogens (tertiary/aromatic N) is 3. The molecule has 6 rings (SSSR count). The van der Waals surface area contributed by atoms with Gasteiger partial charge >= 0.3 is 12.6 Å². The quantitative estimate of drug-likeness (QED) is 0.395. The third kappa shape index (κ3) is 4.77. The van der Waals surface area contributed by atoms with E-state index >= 15 is 0 Å². The topological polar surface area (TPSA) is 97.9 Å². The zero-order chi connectivity index (χ0) is 25.5. The number of hydrogen-bond acceptors (Lipinski definition) is 7. The number of piperidine rings is 1. The molecule has 2 atom stereocenters. The summed E-state index contributed by atoms with van der Waals surface area (Å²) in [4.78, 5) is 17.9. The number of carboxylic acids is 1. The molecule has 8 nitrogen and oxygen atoms in total. The van der Waals surface area contributed by atoms with Gasteiger partial charge in [0, 0.05) is 35.3 Å². The summed E-state index contributed by atoms with van der Waals surface area (Å²) in [5, 5.41) is 13.4. The SMILES string of the molecule is O=C(O)c1ccc(N2C3CCC2CC(OCc2c(-c4ccccc4OC(F)F)noc2C2CC2)C3)nc1. The van der Waals surface area contributed by atoms with Crippen LogP contribution >= 0.6 is 0 Å². The Bertz CT molecular complexity index is 1260. The average Bonchev–Trinajstić information content (AvgIpc) is 3.59. The minimum absolute atomic E-state index is 0.0226. The summed E-state index contributed by atoms with van der Waals surface area (Å²) in [5.74, 6) is 0.910. The van der Waals surface area contributed by atoms with Gasteiger partial charge < -0.3 is 24.0 Å². The standard InChI is InChI=1S/C27H27F2N3O5/c28-27(29)36-22-4-2-1-3-20(22)24-21(25(37-31-24)15-5-6-15)14-35-19-11-17-8-9-18(12-19)32(17)23-10-7-16(13-30-23)26(33)34/h1-4,7,10,13,15,17-19,27H,5-6,8-9,11-12,14H2,(H,33,34). The molecule has 2 aliphatic heterocycles. The van der Waals surface area contributed by atoms with Crippen LogP contribution in [0.3, 0.4) is 0 Å². The number of alkyl halides is 2. The Hall–Kier alpha value is -3.53. The van der Waals surface area contributed by atoms with E-state index in [-0.39, 0.29) is 42.0 Å². The molecule has 3 aliphatic rings. The number of ether oxygens (including phenoxy) is 2. The average molecular weight is 512 g/mol. The van der Waals surface area contributed by atoms with Gasteiger partial charge in [-0.2, -0.15) is 8.78 Å². The number of aromatic carboxylic acids is 1. The molecule has 10 heteroatoms. The van der Waals surface area contributed by atoms with Crippen molar-refractivity contribution in [3.8, 4) is 17.0 Å². The highest BCUT2D eigenvalue weighted by molar-refractivity contribution is 5.87. The van der Waals surface area contributed by atoms with Gasteiger partial charge in [-0.1, -0.05) is 17.3 Å². The molecular formula is C27H27F2N3O5. The van der Waals surface area contributed by atoms with Crippen molar-refractivity contribution in [1.29, 1.82) is 0 Å². The summed E-state index contributed by atoms with van der Waals surface area (Å²) in [5.41, 5.74) is 1.92. The molecule has 1 saturated carbocycles. The first-order valence-corrected chi connectivity index (χ1v) is 12.6. The second kappa shape index (κ2) is 9.74. The monoisotopic (exact) mass is 511 g/mol. The number of aromatic nitrogens is 2. The first-order chi connectivity index (χ1) is 18.0. The van der Waals surface area contributed by atoms with Gasteiger partial charge in [-0.25, -0.2) is 9.78 Å². The highest BCUT2D eigenvalue weighted by atomic mass is 19.3. The maximum Gasteiger partial charge on any atom is 0.387 e. The largest absolute Gasteiger partial charge is 0.478 e. The molecule has 2 unspecified atom stereocenters. The number of halogens is 2. The van der Waals surface area contributed by atoms with E-state index in [1.807, 2.05) is 0 Å². The van der Waals surface area contributed by atoms with E-state index in [1.165, 1.54) is 12.3 Å². The maximum atomic E-state index is 13.0. The van der Waals surface area contributed by atoms with Gasteiger partial charge in [0.2, 0.25) is 0 Å². The molecule has 0 amide bonds. The van der Waals surface area contributed by atoms with Crippen LogP contribution in [-0.2, 0) is 11.3 Å². The van der Waals surface area contributed by atoms with Crippen LogP contribution in [0.15, 0.2) is 47.1 Å². The fraction of sp³-hybridized carbons (Fsp3) is 0.444. The Labute approximate surface area is 212 Å². The first-order valence-electron chi connectivity index (χ1n) is 12.6. The van der Waals surface area contributed by atoms with Crippen molar-refractivity contribution in [3.63, 3.8) is 0 Å². The van der Waals surface area contributed by atoms with Gasteiger partial charge in [0.1, 0.15) is 23.0 Å². The Morgan fingerprint density at radius 3 is 2.51 bits per heavy atom. The van der Waals surface area contributed by atoms with E-state index < -0.39 is 12.6 Å². The number of benzene rings is 1. The number of fused-ring (bicyclic) bond motifs is 2. The van der Waals surface area contributed by atoms with Crippen LogP contribution in [0, 0.1) is 0 Å². The number of rotatable bonds is 9. The molecule has 194 valence electrons. The molecule has 37 heavy (non-hydrogen) atoms. The van der Waals surface area contributed by atoms with E-state index in [9.17, 15) is 13.6 Å². The molecule has 3 fully saturated rings. The van der Waals surface area contributed by atoms with Crippen LogP contribution in [0.25, 0.3) is 11.3 Å². The van der Waals surface area contributed by atoms with Crippen molar-refractivity contribution < 1.29 is 32.7 Å². The van der Waals surface area contributed by atoms with Crippen LogP contribution in [-0.4, -0.2) is 46.0 Å². The highest BCUT2D eigenvalue weighted by Gasteiger charge is 2.42. The second-order valence-corrected chi connectivity index (χ2v) is 9.93. The third-order valence-corrected chi connectivity index (χ3v) is 7.54. The first kappa shape index (κ1) is 23.8. The molecule has 0 spiro atoms. The Morgan fingerprint density at radius 2 is 1.86 bits per heavy atom. The Balaban J connectivity index is 1.19. The van der Waals surface area contributed by atoms with Crippen LogP contribution < -0.4 is 9.64 Å². The molecule has 2 aromatic heterocycles. The normalized spacial score (nSPS) is 23.0. The van der Waals surface area contributed by atoms with Gasteiger partial charge in [-0.05, 0) is 62.8 Å². The van der Waals surface area contributed by atoms with Crippen LogP contribution in [0.5, 0.6) is 5.75 Å². The van der Waals surface area contributed by atoms with Crippen molar-refractivity contribution in [2.45, 2.75) is 75.8 Å². The zero-order valence-corrected chi connectivity index (χ0v) is 20.1. The number of carboxylic acid groups (broad SMARTS) is 1. The lowest BCUT2D eigenvalue weighted by atomic mass is 9.99. The Morgan fingerprint density at radius 1 is 1.11 bits per heavy atom. The minimum Gasteiger partial charge on any atom is -0.478 e. The molecular weight excluding hydrogens is 484 g/mol. The zero-order valence-electron chi connectivity index (χ0n) is 20.1. The van der Waals surface area contributed by atoms with Crippen molar-refractivity contribution in [2.24, 2.45) is 0 Å². The fourth-order valence-corrected chi connectivity index (χ4v) is 5.70. The fourth-order valence-electron chi connectivity index (χ4n) is 5.70. The summed E-state index contributed by atoms with van der Waals surface area (Å²) in [6, 6.07) is 10.5. The maximum absolute atomic E-state index is 13.0. The highest BCUT2D eigenvalue weighted by Crippen LogP contribution is 2.46. The number of carbonyl (C=O) groups is 1. The summed E-state index contributed by atoms with van der Waals surface area (Å²) < 4.78 is 42.9. The summed E-state index contributed by atoms with van der Waals surface area (Å²) >= 11 is 0. The van der Waals surface area contributed by atoms with Crippen LogP contribution in [0.1, 0.15) is 66.1 Å². The number of pyridine rings is 1. The van der Waals surface area contributed by atoms with Crippen LogP contribution in [0.4, 0.5) is 14.6 Å². The summed E-state index contributed by atoms with van der Waals surface area (Å²) in [6.07, 6.45) is 7.14. The van der Waals surface area contributed by atoms with Gasteiger partial charge in [-0.3, -0.25) is 0 Å². The molecule has 0 radical (unpaired) electrons. The Kier molecular flexibility index (Phi) is 6.27. The third-order valence-electron chi connectivity index (χ3n) is 7.54. The second-order valence-electron chi connectivity index (χ2n) is 9.93. The van der Waals surface area contributed by atoms with E-state index in [2.05, 4.69) is 15.0 Å². The molecule has 1 aliphatic carbocycles. The lowest BCUT2D eigenvalue weighted by molar-refractivity contribution is -0.0494. The van der Waals surface area contributed by atoms with E-state index in [0.29, 0.717) is 11.3 Å².